The molecule has 0 N–H and O–H groups in total. The number of fused-ring (bicyclic) bond motifs is 6. The second-order valence-corrected chi connectivity index (χ2v) is 17.6. The molecule has 0 radical (unpaired) electrons. The van der Waals surface area contributed by atoms with Crippen LogP contribution in [0.3, 0.4) is 0 Å². The summed E-state index contributed by atoms with van der Waals surface area (Å²) in [6, 6.07) is 78.1. The molecule has 0 aliphatic heterocycles. The Labute approximate surface area is 365 Å². The maximum Gasteiger partial charge on any atom is 0.136 e. The predicted octanol–water partition coefficient (Wildman–Crippen LogP) is 16.5. The van der Waals surface area contributed by atoms with Gasteiger partial charge in [0.25, 0.3) is 0 Å². The van der Waals surface area contributed by atoms with Crippen molar-refractivity contribution >= 4 is 21.9 Å². The first-order valence-electron chi connectivity index (χ1n) is 22.1. The van der Waals surface area contributed by atoms with E-state index in [2.05, 4.69) is 214 Å². The Hall–Kier alpha value is -7.22. The van der Waals surface area contributed by atoms with Crippen LogP contribution in [0.25, 0.3) is 77.6 Å². The summed E-state index contributed by atoms with van der Waals surface area (Å²) in [6.45, 7) is 4.78. The lowest BCUT2D eigenvalue weighted by Crippen LogP contribution is -2.16. The Bertz CT molecular complexity index is 3200. The molecule has 298 valence electrons. The Morgan fingerprint density at radius 2 is 0.919 bits per heavy atom. The quantitative estimate of drug-likeness (QED) is 0.134. The molecule has 0 saturated heterocycles. The van der Waals surface area contributed by atoms with Gasteiger partial charge in [-0.3, -0.25) is 0 Å². The van der Waals surface area contributed by atoms with Crippen molar-refractivity contribution in [2.24, 2.45) is 0 Å². The lowest BCUT2D eigenvalue weighted by atomic mass is 9.79. The van der Waals surface area contributed by atoms with Gasteiger partial charge in [0.05, 0.1) is 0 Å². The fourth-order valence-corrected chi connectivity index (χ4v) is 10.0. The lowest BCUT2D eigenvalue weighted by molar-refractivity contribution is 0.614. The van der Waals surface area contributed by atoms with E-state index in [0.29, 0.717) is 5.92 Å². The minimum Gasteiger partial charge on any atom is -0.456 e. The summed E-state index contributed by atoms with van der Waals surface area (Å²) in [5.41, 5.74) is 21.4. The first-order valence-corrected chi connectivity index (χ1v) is 22.1. The van der Waals surface area contributed by atoms with Gasteiger partial charge in [-0.15, -0.1) is 0 Å². The molecule has 1 aliphatic carbocycles. The van der Waals surface area contributed by atoms with Crippen molar-refractivity contribution in [1.82, 2.24) is 0 Å². The molecular weight excluding hydrogens is 749 g/mol. The molecule has 0 spiro atoms. The molecule has 1 nitrogen and oxygen atoms in total. The van der Waals surface area contributed by atoms with Crippen LogP contribution in [0.5, 0.6) is 0 Å². The van der Waals surface area contributed by atoms with E-state index in [4.69, 9.17) is 4.42 Å². The summed E-state index contributed by atoms with van der Waals surface area (Å²) in [5.74, 6) is 0.369. The van der Waals surface area contributed by atoms with Gasteiger partial charge < -0.3 is 4.42 Å². The van der Waals surface area contributed by atoms with E-state index in [1.165, 1.54) is 77.9 Å². The monoisotopic (exact) mass is 796 g/mol. The van der Waals surface area contributed by atoms with Gasteiger partial charge in [0.1, 0.15) is 11.2 Å². The van der Waals surface area contributed by atoms with Gasteiger partial charge in [0.15, 0.2) is 0 Å². The molecule has 1 heterocycles. The van der Waals surface area contributed by atoms with Gasteiger partial charge in [0, 0.05) is 16.2 Å². The van der Waals surface area contributed by atoms with E-state index in [0.717, 1.165) is 46.8 Å². The van der Waals surface area contributed by atoms with E-state index in [9.17, 15) is 0 Å². The number of rotatable bonds is 10. The molecule has 9 aromatic carbocycles. The average Bonchev–Trinajstić information content (AvgIpc) is 3.82. The molecule has 0 fully saturated rings. The van der Waals surface area contributed by atoms with Crippen LogP contribution in [0.1, 0.15) is 54.0 Å². The highest BCUT2D eigenvalue weighted by molar-refractivity contribution is 6.05. The van der Waals surface area contributed by atoms with Crippen molar-refractivity contribution in [2.75, 3.05) is 0 Å². The number of aryl methyl sites for hydroxylation is 1. The van der Waals surface area contributed by atoms with Gasteiger partial charge in [0.2, 0.25) is 0 Å². The maximum atomic E-state index is 6.18. The zero-order valence-corrected chi connectivity index (χ0v) is 35.3. The smallest absolute Gasteiger partial charge is 0.136 e. The predicted molar refractivity (Wildman–Crippen MR) is 261 cm³/mol. The van der Waals surface area contributed by atoms with Crippen molar-refractivity contribution in [3.63, 3.8) is 0 Å². The summed E-state index contributed by atoms with van der Waals surface area (Å²) >= 11 is 0. The Kier molecular flexibility index (Phi) is 9.54. The molecule has 1 aromatic heterocycles. The largest absolute Gasteiger partial charge is 0.456 e. The van der Waals surface area contributed by atoms with Gasteiger partial charge in [-0.05, 0) is 127 Å². The van der Waals surface area contributed by atoms with Gasteiger partial charge in [-0.2, -0.15) is 0 Å². The molecule has 62 heavy (non-hydrogen) atoms. The first kappa shape index (κ1) is 37.8. The standard InChI is InChI=1S/C61H48O/c1-61(2)57-18-10-8-16-53(57)54-36-34-49(39-58(54)61)48(38-42-23-27-47(28-24-42)52-15-7-6-14-51(52)46-12-4-3-5-13-46)29-22-41-20-25-43(26-21-41)44-30-32-45(33-31-44)50-35-37-56-55-17-9-11-19-59(55)62-60(56)40-50/h3-21,23-28,30-37,39-40,48H,22,29,38H2,1-2H3/t48-/m0/s1. The third-order valence-corrected chi connectivity index (χ3v) is 13.5. The van der Waals surface area contributed by atoms with Crippen molar-refractivity contribution < 1.29 is 4.42 Å². The van der Waals surface area contributed by atoms with Crippen LogP contribution < -0.4 is 0 Å². The topological polar surface area (TPSA) is 13.1 Å². The van der Waals surface area contributed by atoms with Crippen LogP contribution >= 0.6 is 0 Å². The van der Waals surface area contributed by atoms with Crippen molar-refractivity contribution in [1.29, 1.82) is 0 Å². The third-order valence-electron chi connectivity index (χ3n) is 13.5. The zero-order valence-electron chi connectivity index (χ0n) is 35.3. The van der Waals surface area contributed by atoms with Crippen LogP contribution in [-0.4, -0.2) is 0 Å². The molecule has 0 saturated carbocycles. The second-order valence-electron chi connectivity index (χ2n) is 17.6. The van der Waals surface area contributed by atoms with Gasteiger partial charge in [-0.1, -0.05) is 208 Å². The van der Waals surface area contributed by atoms with Gasteiger partial charge in [-0.25, -0.2) is 0 Å². The number of para-hydroxylation sites is 1. The number of benzene rings is 9. The minimum absolute atomic E-state index is 0.0313. The SMILES string of the molecule is CC1(C)c2ccccc2-c2ccc([C@@H](CCc3ccc(-c4ccc(-c5ccc6c(c5)oc5ccccc56)cc4)cc3)Cc3ccc(-c4ccccc4-c4ccccc4)cc3)cc21. The van der Waals surface area contributed by atoms with Crippen molar-refractivity contribution in [2.45, 2.75) is 44.4 Å². The van der Waals surface area contributed by atoms with Gasteiger partial charge >= 0.3 is 0 Å². The fraction of sp³-hybridized carbons (Fsp3) is 0.115. The molecule has 1 aliphatic rings. The van der Waals surface area contributed by atoms with E-state index in [1.54, 1.807) is 0 Å². The van der Waals surface area contributed by atoms with Crippen molar-refractivity contribution in [3.05, 3.63) is 240 Å². The van der Waals surface area contributed by atoms with E-state index >= 15 is 0 Å². The summed E-state index contributed by atoms with van der Waals surface area (Å²) in [6.07, 6.45) is 3.06. The molecule has 0 bridgehead atoms. The maximum absolute atomic E-state index is 6.18. The summed E-state index contributed by atoms with van der Waals surface area (Å²) in [7, 11) is 0. The summed E-state index contributed by atoms with van der Waals surface area (Å²) < 4.78 is 6.18. The Morgan fingerprint density at radius 3 is 1.66 bits per heavy atom. The number of hydrogen-bond donors (Lipinski definition) is 0. The number of hydrogen-bond acceptors (Lipinski definition) is 1. The molecule has 1 heteroatoms. The van der Waals surface area contributed by atoms with Crippen LogP contribution in [0.15, 0.2) is 217 Å². The average molecular weight is 797 g/mol. The molecule has 10 aromatic rings. The van der Waals surface area contributed by atoms with Crippen LogP contribution in [0.2, 0.25) is 0 Å². The van der Waals surface area contributed by atoms with E-state index < -0.39 is 0 Å². The molecule has 0 unspecified atom stereocenters. The molecule has 0 amide bonds. The zero-order chi connectivity index (χ0) is 41.6. The van der Waals surface area contributed by atoms with Crippen LogP contribution in [0.4, 0.5) is 0 Å². The second kappa shape index (κ2) is 15.7. The third kappa shape index (κ3) is 6.94. The number of furan rings is 1. The normalized spacial score (nSPS) is 13.3. The van der Waals surface area contributed by atoms with E-state index in [-0.39, 0.29) is 5.41 Å². The highest BCUT2D eigenvalue weighted by atomic mass is 16.3. The minimum atomic E-state index is -0.0313. The summed E-state index contributed by atoms with van der Waals surface area (Å²) in [5, 5.41) is 2.32. The Morgan fingerprint density at radius 1 is 0.387 bits per heavy atom. The highest BCUT2D eigenvalue weighted by Gasteiger charge is 2.35. The Balaban J connectivity index is 0.842. The highest BCUT2D eigenvalue weighted by Crippen LogP contribution is 2.49. The van der Waals surface area contributed by atoms with E-state index in [1.807, 2.05) is 12.1 Å². The first-order chi connectivity index (χ1) is 30.5. The fourth-order valence-electron chi connectivity index (χ4n) is 10.0. The molecular formula is C61H48O. The molecule has 1 atom stereocenters. The lowest BCUT2D eigenvalue weighted by Gasteiger charge is -2.24. The van der Waals surface area contributed by atoms with Crippen LogP contribution in [-0.2, 0) is 18.3 Å². The molecule has 11 rings (SSSR count). The van der Waals surface area contributed by atoms with Crippen LogP contribution in [0, 0.1) is 0 Å². The van der Waals surface area contributed by atoms with Crippen molar-refractivity contribution in [3.8, 4) is 55.6 Å². The summed E-state index contributed by atoms with van der Waals surface area (Å²) in [4.78, 5) is 0.